The lowest BCUT2D eigenvalue weighted by molar-refractivity contribution is -0.123. The first kappa shape index (κ1) is 12.9. The molecule has 1 spiro atoms. The summed E-state index contributed by atoms with van der Waals surface area (Å²) in [6.07, 6.45) is 9.37. The Morgan fingerprint density at radius 3 is 2.50 bits per heavy atom. The predicted molar refractivity (Wildman–Crippen MR) is 72.0 cm³/mol. The summed E-state index contributed by atoms with van der Waals surface area (Å²) in [7, 11) is 0. The van der Waals surface area contributed by atoms with Crippen LogP contribution in [0.15, 0.2) is 0 Å². The molecule has 1 saturated carbocycles. The van der Waals surface area contributed by atoms with E-state index >= 15 is 0 Å². The second-order valence-corrected chi connectivity index (χ2v) is 7.33. The predicted octanol–water partition coefficient (Wildman–Crippen LogP) is 4.54. The molecule has 2 rings (SSSR count). The van der Waals surface area contributed by atoms with Gasteiger partial charge in [0.15, 0.2) is 0 Å². The molecule has 3 unspecified atom stereocenters. The molecule has 1 nitrogen and oxygen atoms in total. The highest BCUT2D eigenvalue weighted by atomic mass is 79.9. The van der Waals surface area contributed by atoms with E-state index in [-0.39, 0.29) is 5.60 Å². The Bertz CT molecular complexity index is 215. The molecule has 94 valence electrons. The zero-order chi connectivity index (χ0) is 11.6. The minimum Gasteiger partial charge on any atom is -0.375 e. The summed E-state index contributed by atoms with van der Waals surface area (Å²) in [6.45, 7) is 5.67. The van der Waals surface area contributed by atoms with Gasteiger partial charge in [0.25, 0.3) is 0 Å². The molecule has 2 aliphatic rings. The first-order chi connectivity index (χ1) is 7.63. The monoisotopic (exact) mass is 288 g/mol. The van der Waals surface area contributed by atoms with Gasteiger partial charge in [0.1, 0.15) is 0 Å². The molecule has 0 N–H and O–H groups in total. The van der Waals surface area contributed by atoms with Crippen LogP contribution in [0.3, 0.4) is 0 Å². The normalized spacial score (nSPS) is 33.6. The lowest BCUT2D eigenvalue weighted by Gasteiger charge is -2.45. The molecular formula is C14H25BrO. The fraction of sp³-hybridized carbons (Fsp3) is 1.00. The standard InChI is InChI=1S/C14H25BrO/c1-11(12(2)15)13-6-9-16-14(10-13)7-4-3-5-8-14/h11-13H,3-10H2,1-2H3. The molecule has 1 heterocycles. The van der Waals surface area contributed by atoms with Gasteiger partial charge in [0, 0.05) is 11.4 Å². The zero-order valence-electron chi connectivity index (χ0n) is 10.7. The summed E-state index contributed by atoms with van der Waals surface area (Å²) in [5.41, 5.74) is 0.275. The van der Waals surface area contributed by atoms with Crippen LogP contribution in [0.5, 0.6) is 0 Å². The molecule has 16 heavy (non-hydrogen) atoms. The number of alkyl halides is 1. The fourth-order valence-electron chi connectivity index (χ4n) is 3.43. The van der Waals surface area contributed by atoms with Crippen LogP contribution >= 0.6 is 15.9 Å². The minimum absolute atomic E-state index is 0.275. The van der Waals surface area contributed by atoms with E-state index < -0.39 is 0 Å². The van der Waals surface area contributed by atoms with Crippen molar-refractivity contribution >= 4 is 15.9 Å². The molecule has 2 heteroatoms. The van der Waals surface area contributed by atoms with Crippen molar-refractivity contribution in [2.24, 2.45) is 11.8 Å². The summed E-state index contributed by atoms with van der Waals surface area (Å²) < 4.78 is 6.15. The molecule has 0 bridgehead atoms. The van der Waals surface area contributed by atoms with Crippen molar-refractivity contribution in [2.45, 2.75) is 69.2 Å². The van der Waals surface area contributed by atoms with Crippen LogP contribution in [-0.4, -0.2) is 17.0 Å². The topological polar surface area (TPSA) is 9.23 Å². The highest BCUT2D eigenvalue weighted by Gasteiger charge is 2.40. The van der Waals surface area contributed by atoms with Crippen molar-refractivity contribution in [3.05, 3.63) is 0 Å². The van der Waals surface area contributed by atoms with Crippen molar-refractivity contribution in [3.8, 4) is 0 Å². The van der Waals surface area contributed by atoms with Gasteiger partial charge in [-0.2, -0.15) is 0 Å². The van der Waals surface area contributed by atoms with Crippen molar-refractivity contribution in [1.29, 1.82) is 0 Å². The van der Waals surface area contributed by atoms with E-state index in [1.807, 2.05) is 0 Å². The van der Waals surface area contributed by atoms with Crippen LogP contribution < -0.4 is 0 Å². The van der Waals surface area contributed by atoms with Crippen molar-refractivity contribution < 1.29 is 4.74 Å². The second kappa shape index (κ2) is 5.39. The summed E-state index contributed by atoms with van der Waals surface area (Å²) in [4.78, 5) is 0.635. The van der Waals surface area contributed by atoms with Crippen LogP contribution in [-0.2, 0) is 4.74 Å². The van der Waals surface area contributed by atoms with Gasteiger partial charge in [-0.15, -0.1) is 0 Å². The van der Waals surface area contributed by atoms with Crippen molar-refractivity contribution in [2.75, 3.05) is 6.61 Å². The molecule has 0 aromatic heterocycles. The summed E-state index contributed by atoms with van der Waals surface area (Å²) in [5, 5.41) is 0. The van der Waals surface area contributed by atoms with E-state index in [0.717, 1.165) is 18.4 Å². The van der Waals surface area contributed by atoms with Gasteiger partial charge in [0.2, 0.25) is 0 Å². The molecule has 2 fully saturated rings. The quantitative estimate of drug-likeness (QED) is 0.678. The maximum atomic E-state index is 6.15. The van der Waals surface area contributed by atoms with E-state index in [9.17, 15) is 0 Å². The second-order valence-electron chi connectivity index (χ2n) is 5.88. The Labute approximate surface area is 108 Å². The Balaban J connectivity index is 1.97. The van der Waals surface area contributed by atoms with E-state index in [0.29, 0.717) is 4.83 Å². The lowest BCUT2D eigenvalue weighted by atomic mass is 9.72. The van der Waals surface area contributed by atoms with Gasteiger partial charge >= 0.3 is 0 Å². The van der Waals surface area contributed by atoms with Crippen LogP contribution in [0.1, 0.15) is 58.8 Å². The van der Waals surface area contributed by atoms with Gasteiger partial charge in [-0.05, 0) is 37.5 Å². The first-order valence-corrected chi connectivity index (χ1v) is 7.83. The largest absolute Gasteiger partial charge is 0.375 e. The van der Waals surface area contributed by atoms with Crippen molar-refractivity contribution in [1.82, 2.24) is 0 Å². The average molecular weight is 289 g/mol. The lowest BCUT2D eigenvalue weighted by Crippen LogP contribution is -2.43. The van der Waals surface area contributed by atoms with Gasteiger partial charge < -0.3 is 4.74 Å². The highest BCUT2D eigenvalue weighted by molar-refractivity contribution is 9.09. The molecule has 3 atom stereocenters. The summed E-state index contributed by atoms with van der Waals surface area (Å²) in [5.74, 6) is 1.64. The smallest absolute Gasteiger partial charge is 0.0685 e. The first-order valence-electron chi connectivity index (χ1n) is 6.91. The molecule has 0 aromatic rings. The molecule has 0 radical (unpaired) electrons. The third-order valence-electron chi connectivity index (χ3n) is 4.76. The third kappa shape index (κ3) is 2.81. The van der Waals surface area contributed by atoms with E-state index in [2.05, 4.69) is 29.8 Å². The highest BCUT2D eigenvalue weighted by Crippen LogP contribution is 2.43. The van der Waals surface area contributed by atoms with Crippen LogP contribution in [0.4, 0.5) is 0 Å². The Morgan fingerprint density at radius 2 is 1.88 bits per heavy atom. The summed E-state index contributed by atoms with van der Waals surface area (Å²) in [6, 6.07) is 0. The van der Waals surface area contributed by atoms with E-state index in [4.69, 9.17) is 4.74 Å². The van der Waals surface area contributed by atoms with Gasteiger partial charge in [-0.25, -0.2) is 0 Å². The Hall–Kier alpha value is 0.440. The Morgan fingerprint density at radius 1 is 1.19 bits per heavy atom. The Kier molecular flexibility index (Phi) is 4.34. The molecule has 1 aliphatic heterocycles. The number of hydrogen-bond acceptors (Lipinski definition) is 1. The molecule has 1 aliphatic carbocycles. The van der Waals surface area contributed by atoms with Crippen LogP contribution in [0, 0.1) is 11.8 Å². The molecule has 0 aromatic carbocycles. The van der Waals surface area contributed by atoms with Gasteiger partial charge in [-0.1, -0.05) is 49.0 Å². The van der Waals surface area contributed by atoms with E-state index in [1.165, 1.54) is 44.9 Å². The zero-order valence-corrected chi connectivity index (χ0v) is 12.3. The molecule has 0 amide bonds. The van der Waals surface area contributed by atoms with E-state index in [1.54, 1.807) is 0 Å². The summed E-state index contributed by atoms with van der Waals surface area (Å²) >= 11 is 3.75. The van der Waals surface area contributed by atoms with Crippen LogP contribution in [0.2, 0.25) is 0 Å². The fourth-order valence-corrected chi connectivity index (χ4v) is 3.87. The van der Waals surface area contributed by atoms with Crippen LogP contribution in [0.25, 0.3) is 0 Å². The maximum Gasteiger partial charge on any atom is 0.0685 e. The number of ether oxygens (including phenoxy) is 1. The number of rotatable bonds is 2. The third-order valence-corrected chi connectivity index (χ3v) is 5.60. The molecule has 1 saturated heterocycles. The number of hydrogen-bond donors (Lipinski definition) is 0. The maximum absolute atomic E-state index is 6.15. The van der Waals surface area contributed by atoms with Crippen molar-refractivity contribution in [3.63, 3.8) is 0 Å². The average Bonchev–Trinajstić information content (AvgIpc) is 2.29. The van der Waals surface area contributed by atoms with Gasteiger partial charge in [0.05, 0.1) is 5.60 Å². The SMILES string of the molecule is CC(Br)C(C)C1CCOC2(CCCCC2)C1. The van der Waals surface area contributed by atoms with Gasteiger partial charge in [-0.3, -0.25) is 0 Å². The molecular weight excluding hydrogens is 264 g/mol. The minimum atomic E-state index is 0.275. The number of halogens is 1.